The summed E-state index contributed by atoms with van der Waals surface area (Å²) >= 11 is 0. The maximum absolute atomic E-state index is 4.73. The lowest BCUT2D eigenvalue weighted by Gasteiger charge is -2.13. The lowest BCUT2D eigenvalue weighted by atomic mass is 10.2. The van der Waals surface area contributed by atoms with Crippen molar-refractivity contribution in [1.29, 1.82) is 0 Å². The molecule has 4 heteroatoms. The predicted octanol–water partition coefficient (Wildman–Crippen LogP) is 3.30. The number of nitrogens with one attached hydrogen (secondary N) is 1. The first-order valence-corrected chi connectivity index (χ1v) is 7.38. The molecular weight excluding hydrogens is 260 g/mol. The van der Waals surface area contributed by atoms with Crippen molar-refractivity contribution >= 4 is 11.0 Å². The smallest absolute Gasteiger partial charge is 0.123 e. The Morgan fingerprint density at radius 3 is 2.71 bits per heavy atom. The number of fused-ring (bicyclic) bond motifs is 1. The number of pyridine rings is 1. The number of hydrogen-bond donors (Lipinski definition) is 1. The van der Waals surface area contributed by atoms with Gasteiger partial charge in [0.1, 0.15) is 5.82 Å². The van der Waals surface area contributed by atoms with E-state index in [1.165, 1.54) is 5.52 Å². The highest BCUT2D eigenvalue weighted by atomic mass is 15.1. The van der Waals surface area contributed by atoms with Crippen molar-refractivity contribution in [1.82, 2.24) is 19.9 Å². The van der Waals surface area contributed by atoms with Crippen molar-refractivity contribution in [3.63, 3.8) is 0 Å². The molecule has 0 spiro atoms. The van der Waals surface area contributed by atoms with Crippen LogP contribution in [0, 0.1) is 0 Å². The number of hydrogen-bond acceptors (Lipinski definition) is 3. The van der Waals surface area contributed by atoms with Crippen LogP contribution in [0.1, 0.15) is 31.4 Å². The van der Waals surface area contributed by atoms with Crippen LogP contribution in [-0.2, 0) is 13.1 Å². The lowest BCUT2D eigenvalue weighted by Crippen LogP contribution is -2.21. The van der Waals surface area contributed by atoms with Gasteiger partial charge in [0.05, 0.1) is 23.3 Å². The highest BCUT2D eigenvalue weighted by molar-refractivity contribution is 5.75. The van der Waals surface area contributed by atoms with Crippen molar-refractivity contribution in [3.8, 4) is 0 Å². The summed E-state index contributed by atoms with van der Waals surface area (Å²) in [5.41, 5.74) is 3.31. The van der Waals surface area contributed by atoms with E-state index in [0.717, 1.165) is 30.1 Å². The first kappa shape index (κ1) is 13.8. The minimum atomic E-state index is 0.205. The average Bonchev–Trinajstić information content (AvgIpc) is 2.91. The molecule has 1 atom stereocenters. The first-order valence-electron chi connectivity index (χ1n) is 7.38. The molecule has 0 aliphatic carbocycles. The van der Waals surface area contributed by atoms with Crippen molar-refractivity contribution < 1.29 is 0 Å². The number of benzene rings is 1. The Bertz CT molecular complexity index is 718. The zero-order chi connectivity index (χ0) is 14.7. The summed E-state index contributed by atoms with van der Waals surface area (Å²) in [5, 5.41) is 3.51. The second-order valence-corrected chi connectivity index (χ2v) is 5.12. The molecular formula is C17H20N4. The van der Waals surface area contributed by atoms with Crippen LogP contribution in [0.5, 0.6) is 0 Å². The fourth-order valence-corrected chi connectivity index (χ4v) is 2.59. The number of aryl methyl sites for hydroxylation is 1. The number of imidazole rings is 1. The lowest BCUT2D eigenvalue weighted by molar-refractivity contribution is 0.533. The molecule has 0 fully saturated rings. The van der Waals surface area contributed by atoms with Crippen molar-refractivity contribution in [3.05, 3.63) is 60.2 Å². The Kier molecular flexibility index (Phi) is 3.97. The standard InChI is InChI=1S/C17H20N4/c1-3-21-16-10-5-4-9-15(16)20-17(21)12-19-13(2)14-8-6-7-11-18-14/h4-11,13,19H,3,12H2,1-2H3/t13-/m0/s1. The molecule has 0 aliphatic rings. The van der Waals surface area contributed by atoms with E-state index < -0.39 is 0 Å². The van der Waals surface area contributed by atoms with Crippen molar-refractivity contribution in [2.45, 2.75) is 33.0 Å². The molecule has 0 amide bonds. The monoisotopic (exact) mass is 280 g/mol. The van der Waals surface area contributed by atoms with E-state index in [-0.39, 0.29) is 6.04 Å². The third kappa shape index (κ3) is 2.81. The van der Waals surface area contributed by atoms with Gasteiger partial charge in [-0.2, -0.15) is 0 Å². The fraction of sp³-hybridized carbons (Fsp3) is 0.294. The van der Waals surface area contributed by atoms with E-state index in [1.807, 2.05) is 30.5 Å². The van der Waals surface area contributed by atoms with Gasteiger partial charge in [-0.05, 0) is 38.1 Å². The summed E-state index contributed by atoms with van der Waals surface area (Å²) in [6, 6.07) is 14.5. The number of nitrogens with zero attached hydrogens (tertiary/aromatic N) is 3. The van der Waals surface area contributed by atoms with Gasteiger partial charge >= 0.3 is 0 Å². The van der Waals surface area contributed by atoms with Gasteiger partial charge in [-0.1, -0.05) is 18.2 Å². The normalized spacial score (nSPS) is 12.7. The van der Waals surface area contributed by atoms with Crippen LogP contribution in [-0.4, -0.2) is 14.5 Å². The van der Waals surface area contributed by atoms with Gasteiger partial charge in [0.25, 0.3) is 0 Å². The van der Waals surface area contributed by atoms with E-state index in [1.54, 1.807) is 0 Å². The van der Waals surface area contributed by atoms with E-state index in [9.17, 15) is 0 Å². The maximum atomic E-state index is 4.73. The molecule has 2 heterocycles. The van der Waals surface area contributed by atoms with Crippen LogP contribution >= 0.6 is 0 Å². The molecule has 0 bridgehead atoms. The van der Waals surface area contributed by atoms with Gasteiger partial charge < -0.3 is 9.88 Å². The summed E-state index contributed by atoms with van der Waals surface area (Å²) in [6.45, 7) is 5.94. The molecule has 0 unspecified atom stereocenters. The Balaban J connectivity index is 1.79. The molecule has 0 saturated carbocycles. The molecule has 0 radical (unpaired) electrons. The van der Waals surface area contributed by atoms with Crippen LogP contribution in [0.4, 0.5) is 0 Å². The third-order valence-corrected chi connectivity index (χ3v) is 3.75. The second-order valence-electron chi connectivity index (χ2n) is 5.12. The highest BCUT2D eigenvalue weighted by Gasteiger charge is 2.11. The summed E-state index contributed by atoms with van der Waals surface area (Å²) in [4.78, 5) is 9.12. The molecule has 1 N–H and O–H groups in total. The summed E-state index contributed by atoms with van der Waals surface area (Å²) < 4.78 is 2.26. The zero-order valence-corrected chi connectivity index (χ0v) is 12.5. The van der Waals surface area contributed by atoms with E-state index in [4.69, 9.17) is 4.98 Å². The van der Waals surface area contributed by atoms with Gasteiger partial charge in [-0.3, -0.25) is 4.98 Å². The van der Waals surface area contributed by atoms with Crippen LogP contribution < -0.4 is 5.32 Å². The van der Waals surface area contributed by atoms with Gasteiger partial charge in [0, 0.05) is 18.8 Å². The van der Waals surface area contributed by atoms with Crippen molar-refractivity contribution in [2.75, 3.05) is 0 Å². The Morgan fingerprint density at radius 2 is 1.95 bits per heavy atom. The molecule has 4 nitrogen and oxygen atoms in total. The summed E-state index contributed by atoms with van der Waals surface area (Å²) in [7, 11) is 0. The van der Waals surface area contributed by atoms with Crippen LogP contribution in [0.25, 0.3) is 11.0 Å². The second kappa shape index (κ2) is 6.06. The molecule has 1 aromatic carbocycles. The molecule has 0 aliphatic heterocycles. The van der Waals surface area contributed by atoms with Crippen LogP contribution in [0.2, 0.25) is 0 Å². The topological polar surface area (TPSA) is 42.7 Å². The first-order chi connectivity index (χ1) is 10.3. The minimum absolute atomic E-state index is 0.205. The highest BCUT2D eigenvalue weighted by Crippen LogP contribution is 2.17. The molecule has 0 saturated heterocycles. The van der Waals surface area contributed by atoms with Crippen molar-refractivity contribution in [2.24, 2.45) is 0 Å². The van der Waals surface area contributed by atoms with Gasteiger partial charge in [-0.25, -0.2) is 4.98 Å². The molecule has 3 rings (SSSR count). The van der Waals surface area contributed by atoms with Gasteiger partial charge in [0.2, 0.25) is 0 Å². The summed E-state index contributed by atoms with van der Waals surface area (Å²) in [6.07, 6.45) is 1.83. The molecule has 108 valence electrons. The molecule has 21 heavy (non-hydrogen) atoms. The number of aromatic nitrogens is 3. The Hall–Kier alpha value is -2.20. The molecule has 2 aromatic heterocycles. The van der Waals surface area contributed by atoms with Crippen LogP contribution in [0.3, 0.4) is 0 Å². The zero-order valence-electron chi connectivity index (χ0n) is 12.5. The van der Waals surface area contributed by atoms with E-state index >= 15 is 0 Å². The van der Waals surface area contributed by atoms with E-state index in [2.05, 4.69) is 46.9 Å². The SMILES string of the molecule is CCn1c(CN[C@@H](C)c2ccccn2)nc2ccccc21. The largest absolute Gasteiger partial charge is 0.327 e. The third-order valence-electron chi connectivity index (χ3n) is 3.75. The predicted molar refractivity (Wildman–Crippen MR) is 84.9 cm³/mol. The van der Waals surface area contributed by atoms with Gasteiger partial charge in [-0.15, -0.1) is 0 Å². The maximum Gasteiger partial charge on any atom is 0.123 e. The number of rotatable bonds is 5. The van der Waals surface area contributed by atoms with E-state index in [0.29, 0.717) is 0 Å². The van der Waals surface area contributed by atoms with Gasteiger partial charge in [0.15, 0.2) is 0 Å². The molecule has 3 aromatic rings. The average molecular weight is 280 g/mol. The Morgan fingerprint density at radius 1 is 1.14 bits per heavy atom. The number of para-hydroxylation sites is 2. The van der Waals surface area contributed by atoms with Crippen LogP contribution in [0.15, 0.2) is 48.7 Å². The fourth-order valence-electron chi connectivity index (χ4n) is 2.59. The Labute approximate surface area is 124 Å². The quantitative estimate of drug-likeness (QED) is 0.779. The summed E-state index contributed by atoms with van der Waals surface area (Å²) in [5.74, 6) is 1.07. The minimum Gasteiger partial charge on any atom is -0.327 e.